The van der Waals surface area contributed by atoms with Gasteiger partial charge in [-0.2, -0.15) is 9.49 Å². The Labute approximate surface area is 114 Å². The van der Waals surface area contributed by atoms with Gasteiger partial charge < -0.3 is 5.11 Å². The molecule has 1 aromatic carbocycles. The average molecular weight is 296 g/mol. The smallest absolute Gasteiger partial charge is 0.363 e. The molecule has 0 fully saturated rings. The molecule has 11 heteroatoms. The van der Waals surface area contributed by atoms with Crippen LogP contribution in [0.15, 0.2) is 24.4 Å². The van der Waals surface area contributed by atoms with Crippen molar-refractivity contribution < 1.29 is 24.1 Å². The number of para-hydroxylation sites is 1. The zero-order chi connectivity index (χ0) is 15.7. The molecule has 0 aliphatic carbocycles. The Balaban J connectivity index is 2.72. The lowest BCUT2D eigenvalue weighted by atomic mass is 10.2. The van der Waals surface area contributed by atoms with Crippen molar-refractivity contribution in [1.29, 1.82) is 0 Å². The summed E-state index contributed by atoms with van der Waals surface area (Å²) in [5, 5.41) is 33.8. The molecular formula is C10H5FN4O6. The van der Waals surface area contributed by atoms with Gasteiger partial charge in [0.05, 0.1) is 9.85 Å². The van der Waals surface area contributed by atoms with E-state index in [9.17, 15) is 29.4 Å². The highest BCUT2D eigenvalue weighted by molar-refractivity contribution is 5.90. The third-order valence-electron chi connectivity index (χ3n) is 2.49. The van der Waals surface area contributed by atoms with E-state index in [0.29, 0.717) is 10.9 Å². The fourth-order valence-corrected chi connectivity index (χ4v) is 1.64. The van der Waals surface area contributed by atoms with Gasteiger partial charge in [0, 0.05) is 0 Å². The van der Waals surface area contributed by atoms with Crippen LogP contribution in [0.1, 0.15) is 10.5 Å². The lowest BCUT2D eigenvalue weighted by Crippen LogP contribution is -2.05. The van der Waals surface area contributed by atoms with Crippen molar-refractivity contribution in [3.63, 3.8) is 0 Å². The van der Waals surface area contributed by atoms with Gasteiger partial charge in [-0.25, -0.2) is 9.48 Å². The third kappa shape index (κ3) is 2.39. The van der Waals surface area contributed by atoms with Crippen LogP contribution < -0.4 is 0 Å². The molecule has 0 aliphatic heterocycles. The van der Waals surface area contributed by atoms with E-state index in [1.807, 2.05) is 0 Å². The lowest BCUT2D eigenvalue weighted by Gasteiger charge is -2.02. The summed E-state index contributed by atoms with van der Waals surface area (Å²) in [6.07, 6.45) is 0.672. The van der Waals surface area contributed by atoms with Crippen LogP contribution in [0.4, 0.5) is 15.8 Å². The van der Waals surface area contributed by atoms with Crippen molar-refractivity contribution >= 4 is 17.3 Å². The first-order valence-electron chi connectivity index (χ1n) is 5.23. The van der Waals surface area contributed by atoms with Gasteiger partial charge in [-0.15, -0.1) is 0 Å². The van der Waals surface area contributed by atoms with Crippen LogP contribution in [0.25, 0.3) is 5.69 Å². The highest BCUT2D eigenvalue weighted by atomic mass is 19.1. The average Bonchev–Trinajstić information content (AvgIpc) is 2.83. The molecule has 2 rings (SSSR count). The minimum atomic E-state index is -1.68. The second-order valence-electron chi connectivity index (χ2n) is 3.73. The van der Waals surface area contributed by atoms with E-state index in [2.05, 4.69) is 5.10 Å². The van der Waals surface area contributed by atoms with E-state index in [4.69, 9.17) is 5.11 Å². The molecule has 0 aliphatic rings. The van der Waals surface area contributed by atoms with Gasteiger partial charge in [0.2, 0.25) is 11.5 Å². The van der Waals surface area contributed by atoms with Crippen molar-refractivity contribution in [2.75, 3.05) is 0 Å². The Morgan fingerprint density at radius 2 is 1.95 bits per heavy atom. The van der Waals surface area contributed by atoms with Gasteiger partial charge in [0.15, 0.2) is 0 Å². The molecule has 0 spiro atoms. The number of carboxylic acids is 1. The van der Waals surface area contributed by atoms with Crippen molar-refractivity contribution in [1.82, 2.24) is 9.78 Å². The van der Waals surface area contributed by atoms with Crippen LogP contribution in [0, 0.1) is 26.0 Å². The SMILES string of the molecule is O=C(O)c1nn(-c2cccc(F)c2[N+](=O)[O-])cc1[N+](=O)[O-]. The summed E-state index contributed by atoms with van der Waals surface area (Å²) in [6, 6.07) is 3.05. The largest absolute Gasteiger partial charge is 0.476 e. The predicted octanol–water partition coefficient (Wildman–Crippen LogP) is 1.53. The van der Waals surface area contributed by atoms with Gasteiger partial charge in [-0.3, -0.25) is 20.2 Å². The van der Waals surface area contributed by atoms with Crippen LogP contribution in [0.3, 0.4) is 0 Å². The molecule has 0 atom stereocenters. The summed E-state index contributed by atoms with van der Waals surface area (Å²) in [5.74, 6) is -2.85. The molecule has 0 radical (unpaired) electrons. The van der Waals surface area contributed by atoms with E-state index in [1.54, 1.807) is 0 Å². The topological polar surface area (TPSA) is 141 Å². The molecule has 1 heterocycles. The Hall–Kier alpha value is -3.37. The molecule has 0 amide bonds. The highest BCUT2D eigenvalue weighted by Crippen LogP contribution is 2.28. The van der Waals surface area contributed by atoms with Crippen molar-refractivity contribution in [2.24, 2.45) is 0 Å². The van der Waals surface area contributed by atoms with E-state index >= 15 is 0 Å². The van der Waals surface area contributed by atoms with Crippen molar-refractivity contribution in [3.8, 4) is 5.69 Å². The minimum absolute atomic E-state index is 0.421. The van der Waals surface area contributed by atoms with Crippen LogP contribution in [0.2, 0.25) is 0 Å². The number of nitrogens with zero attached hydrogens (tertiary/aromatic N) is 4. The van der Waals surface area contributed by atoms with Gasteiger partial charge in [-0.05, 0) is 12.1 Å². The zero-order valence-electron chi connectivity index (χ0n) is 9.96. The Morgan fingerprint density at radius 3 is 2.43 bits per heavy atom. The summed E-state index contributed by atoms with van der Waals surface area (Å²) in [4.78, 5) is 30.4. The van der Waals surface area contributed by atoms with E-state index in [1.165, 1.54) is 0 Å². The van der Waals surface area contributed by atoms with E-state index in [-0.39, 0.29) is 0 Å². The fraction of sp³-hybridized carbons (Fsp3) is 0. The fourth-order valence-electron chi connectivity index (χ4n) is 1.64. The minimum Gasteiger partial charge on any atom is -0.476 e. The molecule has 1 aromatic heterocycles. The van der Waals surface area contributed by atoms with Gasteiger partial charge in [-0.1, -0.05) is 6.07 Å². The molecule has 21 heavy (non-hydrogen) atoms. The molecule has 10 nitrogen and oxygen atoms in total. The summed E-state index contributed by atoms with van der Waals surface area (Å²) in [7, 11) is 0. The second kappa shape index (κ2) is 4.96. The molecule has 108 valence electrons. The first-order chi connectivity index (χ1) is 9.82. The number of carboxylic acid groups (broad SMARTS) is 1. The quantitative estimate of drug-likeness (QED) is 0.665. The maximum Gasteiger partial charge on any atom is 0.363 e. The summed E-state index contributed by atoms with van der Waals surface area (Å²) >= 11 is 0. The van der Waals surface area contributed by atoms with Gasteiger partial charge in [0.1, 0.15) is 11.9 Å². The number of hydrogen-bond donors (Lipinski definition) is 1. The summed E-state index contributed by atoms with van der Waals surface area (Å²) in [6.45, 7) is 0. The first kappa shape index (κ1) is 14.0. The van der Waals surface area contributed by atoms with E-state index in [0.717, 1.165) is 18.2 Å². The number of benzene rings is 1. The molecule has 2 aromatic rings. The second-order valence-corrected chi connectivity index (χ2v) is 3.73. The summed E-state index contributed by atoms with van der Waals surface area (Å²) < 4.78 is 14.1. The zero-order valence-corrected chi connectivity index (χ0v) is 9.96. The monoisotopic (exact) mass is 296 g/mol. The lowest BCUT2D eigenvalue weighted by molar-refractivity contribution is -0.387. The first-order valence-corrected chi connectivity index (χ1v) is 5.23. The normalized spacial score (nSPS) is 10.3. The van der Waals surface area contributed by atoms with Gasteiger partial charge in [0.25, 0.3) is 0 Å². The Kier molecular flexibility index (Phi) is 3.32. The third-order valence-corrected chi connectivity index (χ3v) is 2.49. The standard InChI is InChI=1S/C10H5FN4O6/c11-5-2-1-3-6(9(5)15(20)21)13-4-7(14(18)19)8(12-13)10(16)17/h1-4H,(H,16,17). The molecule has 1 N–H and O–H groups in total. The number of aromatic carboxylic acids is 1. The number of hydrogen-bond acceptors (Lipinski definition) is 6. The van der Waals surface area contributed by atoms with Crippen LogP contribution in [0.5, 0.6) is 0 Å². The molecule has 0 saturated carbocycles. The maximum absolute atomic E-state index is 13.5. The number of nitro benzene ring substituents is 1. The van der Waals surface area contributed by atoms with Crippen molar-refractivity contribution in [2.45, 2.75) is 0 Å². The van der Waals surface area contributed by atoms with Gasteiger partial charge >= 0.3 is 17.3 Å². The van der Waals surface area contributed by atoms with Crippen LogP contribution >= 0.6 is 0 Å². The Morgan fingerprint density at radius 1 is 1.29 bits per heavy atom. The van der Waals surface area contributed by atoms with E-state index < -0.39 is 44.4 Å². The number of rotatable bonds is 4. The summed E-state index contributed by atoms with van der Waals surface area (Å²) in [5.41, 5.74) is -3.15. The number of carbonyl (C=O) groups is 1. The highest BCUT2D eigenvalue weighted by Gasteiger charge is 2.29. The predicted molar refractivity (Wildman–Crippen MR) is 63.8 cm³/mol. The van der Waals surface area contributed by atoms with Crippen molar-refractivity contribution in [3.05, 3.63) is 56.1 Å². The molecular weight excluding hydrogens is 291 g/mol. The number of halogens is 1. The Bertz CT molecular complexity index is 739. The number of nitro groups is 2. The molecule has 0 saturated heterocycles. The molecule has 0 unspecified atom stereocenters. The number of aromatic nitrogens is 2. The molecule has 0 bridgehead atoms. The van der Waals surface area contributed by atoms with Crippen LogP contribution in [-0.4, -0.2) is 30.7 Å². The van der Waals surface area contributed by atoms with Crippen LogP contribution in [-0.2, 0) is 0 Å². The maximum atomic E-state index is 13.5.